The molecule has 1 aromatic carbocycles. The van der Waals surface area contributed by atoms with Crippen molar-refractivity contribution in [2.24, 2.45) is 0 Å². The number of hydrogen-bond donors (Lipinski definition) is 1. The maximum absolute atomic E-state index is 8.68. The van der Waals surface area contributed by atoms with Crippen molar-refractivity contribution in [3.05, 3.63) is 30.5 Å². The summed E-state index contributed by atoms with van der Waals surface area (Å²) in [5.74, 6) is 0. The molecule has 1 heterocycles. The summed E-state index contributed by atoms with van der Waals surface area (Å²) in [5.41, 5.74) is 8.82. The predicted octanol–water partition coefficient (Wildman–Crippen LogP) is 2.56. The third-order valence-electron chi connectivity index (χ3n) is 3.02. The molecule has 0 saturated heterocycles. The van der Waals surface area contributed by atoms with Gasteiger partial charge in [0.05, 0.1) is 29.4 Å². The van der Waals surface area contributed by atoms with Crippen LogP contribution in [0.2, 0.25) is 0 Å². The molecule has 18 heavy (non-hydrogen) atoms. The van der Waals surface area contributed by atoms with Crippen LogP contribution in [0.25, 0.3) is 10.9 Å². The van der Waals surface area contributed by atoms with Gasteiger partial charge in [0, 0.05) is 24.7 Å². The summed E-state index contributed by atoms with van der Waals surface area (Å²) in [4.78, 5) is 6.40. The number of hydrogen-bond acceptors (Lipinski definition) is 4. The third kappa shape index (κ3) is 2.21. The summed E-state index contributed by atoms with van der Waals surface area (Å²) in [5, 5.41) is 9.64. The molecule has 0 atom stereocenters. The Morgan fingerprint density at radius 3 is 2.94 bits per heavy atom. The topological polar surface area (TPSA) is 65.9 Å². The quantitative estimate of drug-likeness (QED) is 0.834. The summed E-state index contributed by atoms with van der Waals surface area (Å²) < 4.78 is 0. The van der Waals surface area contributed by atoms with Crippen molar-refractivity contribution in [3.8, 4) is 6.07 Å². The highest BCUT2D eigenvalue weighted by Crippen LogP contribution is 2.30. The Bertz CT molecular complexity index is 586. The van der Waals surface area contributed by atoms with Gasteiger partial charge in [-0.25, -0.2) is 0 Å². The van der Waals surface area contributed by atoms with E-state index in [4.69, 9.17) is 11.0 Å². The fourth-order valence-electron chi connectivity index (χ4n) is 2.07. The molecular formula is C14H16N4. The van der Waals surface area contributed by atoms with Gasteiger partial charge in [0.1, 0.15) is 0 Å². The fraction of sp³-hybridized carbons (Fsp3) is 0.286. The number of nitriles is 1. The number of benzene rings is 1. The molecule has 0 amide bonds. The number of nitrogens with zero attached hydrogens (tertiary/aromatic N) is 3. The first-order chi connectivity index (χ1) is 8.77. The monoisotopic (exact) mass is 240 g/mol. The fourth-order valence-corrected chi connectivity index (χ4v) is 2.07. The standard InChI is InChI=1S/C14H16N4/c1-2-18(10-4-8-15)13-7-6-12-11(14(13)16)5-3-9-17-12/h3,5-7,9H,2,4,10,16H2,1H3. The van der Waals surface area contributed by atoms with Gasteiger partial charge in [0.15, 0.2) is 0 Å². The number of rotatable bonds is 4. The van der Waals surface area contributed by atoms with E-state index in [-0.39, 0.29) is 0 Å². The van der Waals surface area contributed by atoms with E-state index in [1.54, 1.807) is 6.20 Å². The van der Waals surface area contributed by atoms with Crippen molar-refractivity contribution < 1.29 is 0 Å². The van der Waals surface area contributed by atoms with Crippen LogP contribution < -0.4 is 10.6 Å². The number of pyridine rings is 1. The molecular weight excluding hydrogens is 224 g/mol. The molecule has 0 fully saturated rings. The van der Waals surface area contributed by atoms with Gasteiger partial charge in [-0.15, -0.1) is 0 Å². The summed E-state index contributed by atoms with van der Waals surface area (Å²) in [6.45, 7) is 3.59. The molecule has 0 saturated carbocycles. The molecule has 0 aliphatic carbocycles. The Hall–Kier alpha value is -2.28. The molecule has 4 heteroatoms. The molecule has 2 aromatic rings. The second kappa shape index (κ2) is 5.37. The Kier molecular flexibility index (Phi) is 3.63. The van der Waals surface area contributed by atoms with Crippen LogP contribution in [0.15, 0.2) is 30.5 Å². The molecule has 0 aliphatic rings. The van der Waals surface area contributed by atoms with E-state index < -0.39 is 0 Å². The maximum atomic E-state index is 8.68. The lowest BCUT2D eigenvalue weighted by atomic mass is 10.1. The van der Waals surface area contributed by atoms with E-state index in [2.05, 4.69) is 22.9 Å². The molecule has 0 unspecified atom stereocenters. The van der Waals surface area contributed by atoms with E-state index in [0.29, 0.717) is 13.0 Å². The smallest absolute Gasteiger partial charge is 0.0724 e. The maximum Gasteiger partial charge on any atom is 0.0724 e. The zero-order chi connectivity index (χ0) is 13.0. The summed E-state index contributed by atoms with van der Waals surface area (Å²) >= 11 is 0. The van der Waals surface area contributed by atoms with Crippen LogP contribution in [0.3, 0.4) is 0 Å². The van der Waals surface area contributed by atoms with Crippen molar-refractivity contribution in [1.82, 2.24) is 4.98 Å². The summed E-state index contributed by atoms with van der Waals surface area (Å²) in [6.07, 6.45) is 2.26. The average Bonchev–Trinajstić information content (AvgIpc) is 2.42. The highest BCUT2D eigenvalue weighted by Gasteiger charge is 2.10. The predicted molar refractivity (Wildman–Crippen MR) is 74.3 cm³/mol. The van der Waals surface area contributed by atoms with E-state index in [1.807, 2.05) is 24.3 Å². The zero-order valence-electron chi connectivity index (χ0n) is 10.4. The Morgan fingerprint density at radius 1 is 1.39 bits per heavy atom. The van der Waals surface area contributed by atoms with Crippen LogP contribution >= 0.6 is 0 Å². The minimum Gasteiger partial charge on any atom is -0.396 e. The van der Waals surface area contributed by atoms with Crippen LogP contribution in [0, 0.1) is 11.3 Å². The third-order valence-corrected chi connectivity index (χ3v) is 3.02. The van der Waals surface area contributed by atoms with Gasteiger partial charge in [-0.05, 0) is 31.2 Å². The first-order valence-corrected chi connectivity index (χ1v) is 6.03. The van der Waals surface area contributed by atoms with E-state index in [1.165, 1.54) is 0 Å². The molecule has 4 nitrogen and oxygen atoms in total. The van der Waals surface area contributed by atoms with E-state index in [9.17, 15) is 0 Å². The SMILES string of the molecule is CCN(CCC#N)c1ccc2ncccc2c1N. The number of anilines is 2. The van der Waals surface area contributed by atoms with Crippen molar-refractivity contribution in [2.75, 3.05) is 23.7 Å². The Balaban J connectivity index is 2.44. The second-order valence-electron chi connectivity index (χ2n) is 4.06. The van der Waals surface area contributed by atoms with Crippen molar-refractivity contribution in [2.45, 2.75) is 13.3 Å². The lowest BCUT2D eigenvalue weighted by molar-refractivity contribution is 0.829. The van der Waals surface area contributed by atoms with E-state index in [0.717, 1.165) is 28.8 Å². The summed E-state index contributed by atoms with van der Waals surface area (Å²) in [7, 11) is 0. The molecule has 1 aromatic heterocycles. The van der Waals surface area contributed by atoms with Gasteiger partial charge >= 0.3 is 0 Å². The largest absolute Gasteiger partial charge is 0.396 e. The van der Waals surface area contributed by atoms with Crippen LogP contribution in [-0.4, -0.2) is 18.1 Å². The lowest BCUT2D eigenvalue weighted by Gasteiger charge is -2.24. The molecule has 2 rings (SSSR count). The van der Waals surface area contributed by atoms with Crippen LogP contribution in [-0.2, 0) is 0 Å². The lowest BCUT2D eigenvalue weighted by Crippen LogP contribution is -2.24. The van der Waals surface area contributed by atoms with Crippen LogP contribution in [0.1, 0.15) is 13.3 Å². The van der Waals surface area contributed by atoms with Gasteiger partial charge in [0.2, 0.25) is 0 Å². The second-order valence-corrected chi connectivity index (χ2v) is 4.06. The van der Waals surface area contributed by atoms with Gasteiger partial charge in [-0.1, -0.05) is 0 Å². The molecule has 92 valence electrons. The molecule has 0 spiro atoms. The number of fused-ring (bicyclic) bond motifs is 1. The molecule has 0 radical (unpaired) electrons. The number of nitrogen functional groups attached to an aromatic ring is 1. The first-order valence-electron chi connectivity index (χ1n) is 6.03. The Labute approximate surface area is 107 Å². The highest BCUT2D eigenvalue weighted by molar-refractivity contribution is 5.97. The molecule has 0 bridgehead atoms. The van der Waals surface area contributed by atoms with Crippen molar-refractivity contribution >= 4 is 22.3 Å². The van der Waals surface area contributed by atoms with Crippen molar-refractivity contribution in [3.63, 3.8) is 0 Å². The van der Waals surface area contributed by atoms with Crippen LogP contribution in [0.5, 0.6) is 0 Å². The van der Waals surface area contributed by atoms with E-state index >= 15 is 0 Å². The van der Waals surface area contributed by atoms with Gasteiger partial charge in [0.25, 0.3) is 0 Å². The summed E-state index contributed by atoms with van der Waals surface area (Å²) in [6, 6.07) is 9.96. The minimum atomic E-state index is 0.498. The molecule has 2 N–H and O–H groups in total. The zero-order valence-corrected chi connectivity index (χ0v) is 10.4. The first kappa shape index (κ1) is 12.2. The van der Waals surface area contributed by atoms with Crippen LogP contribution in [0.4, 0.5) is 11.4 Å². The Morgan fingerprint density at radius 2 is 2.22 bits per heavy atom. The van der Waals surface area contributed by atoms with Crippen molar-refractivity contribution in [1.29, 1.82) is 5.26 Å². The average molecular weight is 240 g/mol. The van der Waals surface area contributed by atoms with Gasteiger partial charge < -0.3 is 10.6 Å². The normalized spacial score (nSPS) is 10.2. The van der Waals surface area contributed by atoms with Gasteiger partial charge in [-0.3, -0.25) is 4.98 Å². The minimum absolute atomic E-state index is 0.498. The number of aromatic nitrogens is 1. The van der Waals surface area contributed by atoms with Gasteiger partial charge in [-0.2, -0.15) is 5.26 Å². The highest BCUT2D eigenvalue weighted by atomic mass is 15.1. The number of nitrogens with two attached hydrogens (primary N) is 1. The molecule has 0 aliphatic heterocycles.